The number of sulfonamides is 1. The number of piperazine rings is 1. The van der Waals surface area contributed by atoms with Crippen LogP contribution >= 0.6 is 11.6 Å². The quantitative estimate of drug-likeness (QED) is 0.564. The molecule has 0 radical (unpaired) electrons. The molecule has 1 atom stereocenters. The van der Waals surface area contributed by atoms with Crippen molar-refractivity contribution >= 4 is 39.1 Å². The second-order valence-electron chi connectivity index (χ2n) is 9.73. The van der Waals surface area contributed by atoms with Crippen LogP contribution in [0.5, 0.6) is 0 Å². The number of amides is 2. The van der Waals surface area contributed by atoms with E-state index in [-0.39, 0.29) is 24.4 Å². The van der Waals surface area contributed by atoms with Crippen molar-refractivity contribution in [2.75, 3.05) is 63.5 Å². The van der Waals surface area contributed by atoms with Crippen LogP contribution in [-0.4, -0.2) is 94.7 Å². The minimum atomic E-state index is -3.40. The first-order valence-corrected chi connectivity index (χ1v) is 14.2. The van der Waals surface area contributed by atoms with Crippen molar-refractivity contribution in [3.05, 3.63) is 29.3 Å². The van der Waals surface area contributed by atoms with E-state index in [1.54, 1.807) is 4.90 Å². The second-order valence-corrected chi connectivity index (χ2v) is 12.0. The summed E-state index contributed by atoms with van der Waals surface area (Å²) in [6, 6.07) is 8.13. The molecule has 34 heavy (non-hydrogen) atoms. The molecule has 3 aliphatic rings. The lowest BCUT2D eigenvalue weighted by Gasteiger charge is -2.38. The summed E-state index contributed by atoms with van der Waals surface area (Å²) < 4.78 is 24.7. The maximum atomic E-state index is 12.8. The monoisotopic (exact) mass is 511 g/mol. The van der Waals surface area contributed by atoms with Crippen LogP contribution in [0.4, 0.5) is 5.69 Å². The SMILES string of the molecule is CS(=O)(=O)NCC(=O)N1CCC2(CC1)C[C@H](CCN1CCN(c3cccc(Cl)c3)CC1)NC2=O. The largest absolute Gasteiger partial charge is 0.369 e. The van der Waals surface area contributed by atoms with Crippen LogP contribution in [0.2, 0.25) is 5.02 Å². The Morgan fingerprint density at radius 3 is 2.53 bits per heavy atom. The molecule has 188 valence electrons. The summed E-state index contributed by atoms with van der Waals surface area (Å²) in [6.07, 6.45) is 4.01. The Hall–Kier alpha value is -1.88. The van der Waals surface area contributed by atoms with E-state index in [4.69, 9.17) is 11.6 Å². The lowest BCUT2D eigenvalue weighted by Crippen LogP contribution is -2.48. The third-order valence-electron chi connectivity index (χ3n) is 7.35. The highest BCUT2D eigenvalue weighted by atomic mass is 35.5. The van der Waals surface area contributed by atoms with Gasteiger partial charge in [-0.2, -0.15) is 0 Å². The zero-order chi connectivity index (χ0) is 24.3. The van der Waals surface area contributed by atoms with E-state index in [1.807, 2.05) is 18.2 Å². The first kappa shape index (κ1) is 25.2. The molecule has 1 aromatic carbocycles. The molecule has 3 fully saturated rings. The predicted octanol–water partition coefficient (Wildman–Crippen LogP) is 0.899. The maximum Gasteiger partial charge on any atom is 0.237 e. The number of halogens is 1. The Balaban J connectivity index is 1.20. The van der Waals surface area contributed by atoms with E-state index in [2.05, 4.69) is 25.9 Å². The standard InChI is InChI=1S/C23H34ClN5O4S/c1-34(32,33)25-17-21(30)29-9-6-23(7-10-29)16-19(26-22(23)31)5-8-27-11-13-28(14-12-27)20-4-2-3-18(24)15-20/h2-4,15,19,25H,5-14,16-17H2,1H3,(H,26,31)/t19-/m0/s1. The van der Waals surface area contributed by atoms with E-state index in [9.17, 15) is 18.0 Å². The van der Waals surface area contributed by atoms with Gasteiger partial charge in [0.15, 0.2) is 0 Å². The van der Waals surface area contributed by atoms with Gasteiger partial charge in [0, 0.05) is 62.6 Å². The maximum absolute atomic E-state index is 12.8. The summed E-state index contributed by atoms with van der Waals surface area (Å²) in [5.74, 6) is -0.142. The van der Waals surface area contributed by atoms with Crippen molar-refractivity contribution in [3.8, 4) is 0 Å². The average Bonchev–Trinajstić information content (AvgIpc) is 3.11. The predicted molar refractivity (Wildman–Crippen MR) is 132 cm³/mol. The molecule has 0 aromatic heterocycles. The van der Waals surface area contributed by atoms with Crippen LogP contribution in [0.3, 0.4) is 0 Å². The average molecular weight is 512 g/mol. The molecule has 11 heteroatoms. The molecule has 0 saturated carbocycles. The van der Waals surface area contributed by atoms with Crippen LogP contribution in [-0.2, 0) is 19.6 Å². The van der Waals surface area contributed by atoms with Gasteiger partial charge >= 0.3 is 0 Å². The summed E-state index contributed by atoms with van der Waals surface area (Å²) in [6.45, 7) is 5.57. The number of carbonyl (C=O) groups is 2. The highest BCUT2D eigenvalue weighted by Gasteiger charge is 2.48. The molecule has 3 heterocycles. The number of benzene rings is 1. The Bertz CT molecular complexity index is 1000. The number of hydrogen-bond donors (Lipinski definition) is 2. The van der Waals surface area contributed by atoms with Gasteiger partial charge in [-0.05, 0) is 43.9 Å². The van der Waals surface area contributed by atoms with Crippen LogP contribution in [0.15, 0.2) is 24.3 Å². The number of hydrogen-bond acceptors (Lipinski definition) is 6. The molecule has 0 bridgehead atoms. The van der Waals surface area contributed by atoms with Crippen molar-refractivity contribution in [2.24, 2.45) is 5.41 Å². The number of carbonyl (C=O) groups excluding carboxylic acids is 2. The molecular formula is C23H34ClN5O4S. The molecule has 1 aromatic rings. The number of nitrogens with one attached hydrogen (secondary N) is 2. The number of anilines is 1. The minimum absolute atomic E-state index is 0.102. The van der Waals surface area contributed by atoms with Gasteiger partial charge in [0.2, 0.25) is 21.8 Å². The van der Waals surface area contributed by atoms with E-state index >= 15 is 0 Å². The summed E-state index contributed by atoms with van der Waals surface area (Å²) in [4.78, 5) is 31.6. The Morgan fingerprint density at radius 1 is 1.18 bits per heavy atom. The molecule has 3 aliphatic heterocycles. The molecule has 3 saturated heterocycles. The first-order valence-electron chi connectivity index (χ1n) is 11.9. The van der Waals surface area contributed by atoms with E-state index < -0.39 is 15.4 Å². The van der Waals surface area contributed by atoms with Crippen LogP contribution in [0.1, 0.15) is 25.7 Å². The minimum Gasteiger partial charge on any atom is -0.369 e. The van der Waals surface area contributed by atoms with Crippen molar-refractivity contribution in [1.82, 2.24) is 19.8 Å². The smallest absolute Gasteiger partial charge is 0.237 e. The third kappa shape index (κ3) is 6.21. The zero-order valence-electron chi connectivity index (χ0n) is 19.6. The summed E-state index contributed by atoms with van der Waals surface area (Å²) >= 11 is 6.13. The molecule has 2 N–H and O–H groups in total. The topological polar surface area (TPSA) is 102 Å². The lowest BCUT2D eigenvalue weighted by atomic mass is 9.75. The lowest BCUT2D eigenvalue weighted by molar-refractivity contribution is -0.137. The van der Waals surface area contributed by atoms with Crippen molar-refractivity contribution in [3.63, 3.8) is 0 Å². The molecule has 4 rings (SSSR count). The van der Waals surface area contributed by atoms with Crippen molar-refractivity contribution in [2.45, 2.75) is 31.7 Å². The summed E-state index contributed by atoms with van der Waals surface area (Å²) in [7, 11) is -3.40. The molecular weight excluding hydrogens is 478 g/mol. The van der Waals surface area contributed by atoms with Crippen LogP contribution < -0.4 is 14.9 Å². The summed E-state index contributed by atoms with van der Waals surface area (Å²) in [5, 5.41) is 3.95. The van der Waals surface area contributed by atoms with Gasteiger partial charge in [0.1, 0.15) is 0 Å². The van der Waals surface area contributed by atoms with Gasteiger partial charge in [-0.1, -0.05) is 17.7 Å². The fourth-order valence-corrected chi connectivity index (χ4v) is 5.86. The Labute approximate surface area is 206 Å². The van der Waals surface area contributed by atoms with E-state index in [0.717, 1.165) is 62.5 Å². The number of rotatable bonds is 7. The molecule has 0 aliphatic carbocycles. The highest BCUT2D eigenvalue weighted by molar-refractivity contribution is 7.88. The van der Waals surface area contributed by atoms with Crippen molar-refractivity contribution in [1.29, 1.82) is 0 Å². The third-order valence-corrected chi connectivity index (χ3v) is 8.26. The normalized spacial score (nSPS) is 23.4. The van der Waals surface area contributed by atoms with Gasteiger partial charge in [0.05, 0.1) is 18.2 Å². The van der Waals surface area contributed by atoms with Crippen molar-refractivity contribution < 1.29 is 18.0 Å². The fourth-order valence-electron chi connectivity index (χ4n) is 5.29. The Kier molecular flexibility index (Phi) is 7.71. The van der Waals surface area contributed by atoms with Gasteiger partial charge in [-0.25, -0.2) is 13.1 Å². The fraction of sp³-hybridized carbons (Fsp3) is 0.652. The number of likely N-dealkylation sites (tertiary alicyclic amines) is 1. The van der Waals surface area contributed by atoms with Gasteiger partial charge in [-0.3, -0.25) is 14.5 Å². The number of piperidine rings is 1. The molecule has 1 spiro atoms. The van der Waals surface area contributed by atoms with E-state index in [0.29, 0.717) is 25.9 Å². The molecule has 2 amide bonds. The second kappa shape index (κ2) is 10.4. The number of nitrogens with zero attached hydrogens (tertiary/aromatic N) is 3. The van der Waals surface area contributed by atoms with E-state index in [1.165, 1.54) is 0 Å². The Morgan fingerprint density at radius 2 is 1.88 bits per heavy atom. The van der Waals surface area contributed by atoms with Gasteiger partial charge < -0.3 is 15.1 Å². The summed E-state index contributed by atoms with van der Waals surface area (Å²) in [5.41, 5.74) is 0.755. The van der Waals surface area contributed by atoms with Gasteiger partial charge in [-0.15, -0.1) is 0 Å². The molecule has 0 unspecified atom stereocenters. The zero-order valence-corrected chi connectivity index (χ0v) is 21.2. The molecule has 9 nitrogen and oxygen atoms in total. The first-order chi connectivity index (χ1) is 16.1. The van der Waals surface area contributed by atoms with Crippen LogP contribution in [0.25, 0.3) is 0 Å². The van der Waals surface area contributed by atoms with Crippen LogP contribution in [0, 0.1) is 5.41 Å². The highest BCUT2D eigenvalue weighted by Crippen LogP contribution is 2.41. The van der Waals surface area contributed by atoms with Gasteiger partial charge in [0.25, 0.3) is 0 Å².